The van der Waals surface area contributed by atoms with E-state index in [0.717, 1.165) is 5.56 Å². The zero-order valence-corrected chi connectivity index (χ0v) is 9.42. The van der Waals surface area contributed by atoms with Crippen LogP contribution in [0.3, 0.4) is 0 Å². The van der Waals surface area contributed by atoms with Gasteiger partial charge in [-0.2, -0.15) is 9.99 Å². The van der Waals surface area contributed by atoms with Crippen molar-refractivity contribution < 1.29 is 4.84 Å². The van der Waals surface area contributed by atoms with E-state index in [1.165, 1.54) is 4.73 Å². The van der Waals surface area contributed by atoms with Crippen LogP contribution in [0.2, 0.25) is 0 Å². The minimum absolute atomic E-state index is 0.190. The first-order valence-electron chi connectivity index (χ1n) is 5.14. The van der Waals surface area contributed by atoms with Crippen LogP contribution in [0.25, 0.3) is 0 Å². The van der Waals surface area contributed by atoms with Crippen LogP contribution >= 0.6 is 0 Å². The molecular weight excluding hydrogens is 216 g/mol. The molecule has 2 aromatic rings. The number of nitrogens with zero attached hydrogens (tertiary/aromatic N) is 3. The van der Waals surface area contributed by atoms with Gasteiger partial charge >= 0.3 is 0 Å². The molecule has 0 aliphatic rings. The zero-order chi connectivity index (χ0) is 12.3. The van der Waals surface area contributed by atoms with Gasteiger partial charge in [-0.25, -0.2) is 4.98 Å². The lowest BCUT2D eigenvalue weighted by molar-refractivity contribution is 0.0968. The Bertz CT molecular complexity index is 554. The summed E-state index contributed by atoms with van der Waals surface area (Å²) >= 11 is 0. The number of benzene rings is 1. The summed E-state index contributed by atoms with van der Waals surface area (Å²) in [6.07, 6.45) is 0. The highest BCUT2D eigenvalue weighted by Crippen LogP contribution is 2.11. The molecule has 0 fully saturated rings. The van der Waals surface area contributed by atoms with Gasteiger partial charge in [-0.3, -0.25) is 0 Å². The van der Waals surface area contributed by atoms with Crippen LogP contribution in [-0.4, -0.2) is 9.71 Å². The van der Waals surface area contributed by atoms with Gasteiger partial charge in [0.15, 0.2) is 11.5 Å². The predicted molar refractivity (Wildman–Crippen MR) is 62.8 cm³/mol. The largest absolute Gasteiger partial charge is 0.406 e. The monoisotopic (exact) mass is 228 g/mol. The van der Waals surface area contributed by atoms with Crippen molar-refractivity contribution in [3.63, 3.8) is 0 Å². The van der Waals surface area contributed by atoms with Crippen molar-refractivity contribution in [1.29, 1.82) is 5.26 Å². The maximum absolute atomic E-state index is 8.78. The Kier molecular flexibility index (Phi) is 2.97. The minimum atomic E-state index is 0.190. The summed E-state index contributed by atoms with van der Waals surface area (Å²) in [5.41, 5.74) is 6.95. The van der Waals surface area contributed by atoms with Crippen molar-refractivity contribution in [2.75, 3.05) is 5.73 Å². The number of nitriles is 1. The molecule has 0 unspecified atom stereocenters. The minimum Gasteiger partial charge on any atom is -0.406 e. The molecule has 0 radical (unpaired) electrons. The van der Waals surface area contributed by atoms with Crippen molar-refractivity contribution in [3.8, 4) is 6.07 Å². The van der Waals surface area contributed by atoms with E-state index in [1.807, 2.05) is 36.4 Å². The highest BCUT2D eigenvalue weighted by atomic mass is 16.7. The zero-order valence-electron chi connectivity index (χ0n) is 9.42. The lowest BCUT2D eigenvalue weighted by Crippen LogP contribution is -2.15. The fraction of sp³-hybridized carbons (Fsp3) is 0.167. The average molecular weight is 228 g/mol. The van der Waals surface area contributed by atoms with Crippen LogP contribution in [0.15, 0.2) is 30.3 Å². The third-order valence-corrected chi connectivity index (χ3v) is 2.34. The molecule has 1 aromatic carbocycles. The van der Waals surface area contributed by atoms with Gasteiger partial charge in [0.25, 0.3) is 0 Å². The molecule has 5 nitrogen and oxygen atoms in total. The van der Waals surface area contributed by atoms with Crippen LogP contribution < -0.4 is 10.6 Å². The van der Waals surface area contributed by atoms with Gasteiger partial charge in [-0.15, -0.1) is 0 Å². The molecule has 0 aliphatic heterocycles. The Labute approximate surface area is 99.0 Å². The Morgan fingerprint density at radius 1 is 1.41 bits per heavy atom. The molecule has 86 valence electrons. The molecule has 0 bridgehead atoms. The number of rotatable bonds is 3. The third-order valence-electron chi connectivity index (χ3n) is 2.34. The second-order valence-electron chi connectivity index (χ2n) is 3.56. The number of imidazole rings is 1. The van der Waals surface area contributed by atoms with Crippen molar-refractivity contribution in [3.05, 3.63) is 47.4 Å². The van der Waals surface area contributed by atoms with Gasteiger partial charge < -0.3 is 10.6 Å². The van der Waals surface area contributed by atoms with Gasteiger partial charge in [0.1, 0.15) is 18.5 Å². The number of nitrogen functional groups attached to an aromatic ring is 1. The van der Waals surface area contributed by atoms with Gasteiger partial charge in [-0.05, 0) is 12.5 Å². The standard InChI is InChI=1S/C12H12N4O/c1-9-15-11(7-13)12(14)16(9)17-8-10-5-3-2-4-6-10/h2-6H,8,14H2,1H3. The van der Waals surface area contributed by atoms with Gasteiger partial charge in [0, 0.05) is 0 Å². The van der Waals surface area contributed by atoms with Crippen LogP contribution in [0, 0.1) is 18.3 Å². The van der Waals surface area contributed by atoms with E-state index in [1.54, 1.807) is 6.92 Å². The van der Waals surface area contributed by atoms with Crippen LogP contribution in [0.1, 0.15) is 17.1 Å². The smallest absolute Gasteiger partial charge is 0.186 e. The molecule has 0 amide bonds. The van der Waals surface area contributed by atoms with E-state index in [9.17, 15) is 0 Å². The van der Waals surface area contributed by atoms with Crippen molar-refractivity contribution in [1.82, 2.24) is 9.71 Å². The predicted octanol–water partition coefficient (Wildman–Crippen LogP) is 1.27. The summed E-state index contributed by atoms with van der Waals surface area (Å²) in [7, 11) is 0. The van der Waals surface area contributed by atoms with Gasteiger partial charge in [0.2, 0.25) is 0 Å². The van der Waals surface area contributed by atoms with Crippen LogP contribution in [-0.2, 0) is 6.61 Å². The summed E-state index contributed by atoms with van der Waals surface area (Å²) in [6, 6.07) is 11.6. The first kappa shape index (κ1) is 11.0. The molecule has 0 saturated heterocycles. The van der Waals surface area contributed by atoms with Gasteiger partial charge in [0.05, 0.1) is 0 Å². The Hall–Kier alpha value is -2.48. The second-order valence-corrected chi connectivity index (χ2v) is 3.56. The van der Waals surface area contributed by atoms with E-state index in [-0.39, 0.29) is 11.5 Å². The summed E-state index contributed by atoms with van der Waals surface area (Å²) in [4.78, 5) is 9.51. The number of nitrogens with two attached hydrogens (primary N) is 1. The normalized spacial score (nSPS) is 9.88. The SMILES string of the molecule is Cc1nc(C#N)c(N)n1OCc1ccccc1. The number of aromatic nitrogens is 2. The van der Waals surface area contributed by atoms with Crippen molar-refractivity contribution in [2.24, 2.45) is 0 Å². The molecule has 5 heteroatoms. The summed E-state index contributed by atoms with van der Waals surface area (Å²) in [5.74, 6) is 0.802. The molecule has 0 saturated carbocycles. The van der Waals surface area contributed by atoms with E-state index < -0.39 is 0 Å². The number of hydrogen-bond donors (Lipinski definition) is 1. The first-order chi connectivity index (χ1) is 8.22. The number of hydrogen-bond acceptors (Lipinski definition) is 4. The number of aryl methyl sites for hydroxylation is 1. The molecule has 0 spiro atoms. The summed E-state index contributed by atoms with van der Waals surface area (Å²) in [5, 5.41) is 8.78. The lowest BCUT2D eigenvalue weighted by atomic mass is 10.2. The van der Waals surface area contributed by atoms with Crippen LogP contribution in [0.5, 0.6) is 0 Å². The van der Waals surface area contributed by atoms with Crippen molar-refractivity contribution >= 4 is 5.82 Å². The fourth-order valence-electron chi connectivity index (χ4n) is 1.49. The molecule has 0 aliphatic carbocycles. The second kappa shape index (κ2) is 4.58. The van der Waals surface area contributed by atoms with E-state index >= 15 is 0 Å². The number of anilines is 1. The van der Waals surface area contributed by atoms with E-state index in [2.05, 4.69) is 4.98 Å². The summed E-state index contributed by atoms with van der Waals surface area (Å²) in [6.45, 7) is 2.12. The van der Waals surface area contributed by atoms with Crippen molar-refractivity contribution in [2.45, 2.75) is 13.5 Å². The quantitative estimate of drug-likeness (QED) is 0.858. The Morgan fingerprint density at radius 3 is 2.71 bits per heavy atom. The molecule has 0 atom stereocenters. The first-order valence-corrected chi connectivity index (χ1v) is 5.14. The highest BCUT2D eigenvalue weighted by molar-refractivity contribution is 5.45. The molecule has 1 aromatic heterocycles. The maximum atomic E-state index is 8.78. The molecule has 2 rings (SSSR count). The molecule has 2 N–H and O–H groups in total. The molecule has 17 heavy (non-hydrogen) atoms. The average Bonchev–Trinajstić information content (AvgIpc) is 2.63. The maximum Gasteiger partial charge on any atom is 0.186 e. The lowest BCUT2D eigenvalue weighted by Gasteiger charge is -2.09. The topological polar surface area (TPSA) is 76.9 Å². The van der Waals surface area contributed by atoms with E-state index in [0.29, 0.717) is 12.4 Å². The van der Waals surface area contributed by atoms with Gasteiger partial charge in [-0.1, -0.05) is 30.3 Å². The van der Waals surface area contributed by atoms with Crippen LogP contribution in [0.4, 0.5) is 5.82 Å². The Balaban J connectivity index is 2.15. The third kappa shape index (κ3) is 2.21. The molecule has 1 heterocycles. The summed E-state index contributed by atoms with van der Waals surface area (Å²) < 4.78 is 1.38. The fourth-order valence-corrected chi connectivity index (χ4v) is 1.49. The van der Waals surface area contributed by atoms with E-state index in [4.69, 9.17) is 15.8 Å². The highest BCUT2D eigenvalue weighted by Gasteiger charge is 2.12. The Morgan fingerprint density at radius 2 is 2.12 bits per heavy atom. The molecular formula is C12H12N4O.